The molecule has 0 spiro atoms. The molecule has 13 nitrogen and oxygen atoms in total. The lowest BCUT2D eigenvalue weighted by Gasteiger charge is -2.30. The van der Waals surface area contributed by atoms with Crippen molar-refractivity contribution in [2.45, 2.75) is 12.8 Å². The Morgan fingerprint density at radius 3 is 2.47 bits per heavy atom. The highest BCUT2D eigenvalue weighted by Gasteiger charge is 2.34. The number of esters is 1. The third kappa shape index (κ3) is 6.51. The lowest BCUT2D eigenvalue weighted by Crippen LogP contribution is -2.37. The Kier molecular flexibility index (Phi) is 9.16. The molecule has 0 saturated carbocycles. The molecule has 13 heteroatoms. The Labute approximate surface area is 270 Å². The average molecular weight is 637 g/mol. The highest BCUT2D eigenvalue weighted by molar-refractivity contribution is 6.21. The fraction of sp³-hybridized carbons (Fsp3) is 0.265. The van der Waals surface area contributed by atoms with Crippen molar-refractivity contribution < 1.29 is 33.4 Å². The SMILES string of the molecule is COC(=O)c1cc(-c2cnc(N)c(C(=O)Cc3cnccc3N3CCOCC3)n2)ccc1OCCCN1C(=O)c2ccccc2C1=O. The van der Waals surface area contributed by atoms with Crippen LogP contribution >= 0.6 is 0 Å². The molecule has 2 amide bonds. The number of fused-ring (bicyclic) bond motifs is 1. The van der Waals surface area contributed by atoms with Crippen LogP contribution in [-0.2, 0) is 15.9 Å². The van der Waals surface area contributed by atoms with E-state index in [0.717, 1.165) is 11.3 Å². The topological polar surface area (TPSA) is 167 Å². The normalized spacial score (nSPS) is 14.2. The number of ether oxygens (including phenoxy) is 3. The van der Waals surface area contributed by atoms with Gasteiger partial charge >= 0.3 is 5.97 Å². The summed E-state index contributed by atoms with van der Waals surface area (Å²) in [5.41, 5.74) is 9.46. The van der Waals surface area contributed by atoms with Gasteiger partial charge in [0.15, 0.2) is 11.6 Å². The van der Waals surface area contributed by atoms with Crippen LogP contribution in [-0.4, -0.2) is 90.0 Å². The van der Waals surface area contributed by atoms with Crippen molar-refractivity contribution in [2.24, 2.45) is 0 Å². The van der Waals surface area contributed by atoms with Crippen LogP contribution in [0.4, 0.5) is 11.5 Å². The van der Waals surface area contributed by atoms with E-state index >= 15 is 0 Å². The Morgan fingerprint density at radius 1 is 1.00 bits per heavy atom. The number of ketones is 1. The minimum Gasteiger partial charge on any atom is -0.493 e. The molecule has 0 atom stereocenters. The first-order valence-electron chi connectivity index (χ1n) is 15.1. The molecule has 2 aliphatic heterocycles. The lowest BCUT2D eigenvalue weighted by molar-refractivity contribution is 0.0595. The molecule has 2 aliphatic rings. The van der Waals surface area contributed by atoms with Crippen LogP contribution in [0.1, 0.15) is 53.5 Å². The van der Waals surface area contributed by atoms with E-state index in [4.69, 9.17) is 19.9 Å². The van der Waals surface area contributed by atoms with Gasteiger partial charge in [0, 0.05) is 55.3 Å². The second-order valence-corrected chi connectivity index (χ2v) is 10.9. The molecular formula is C34H32N6O7. The summed E-state index contributed by atoms with van der Waals surface area (Å²) >= 11 is 0. The van der Waals surface area contributed by atoms with Crippen molar-refractivity contribution >= 4 is 35.1 Å². The summed E-state index contributed by atoms with van der Waals surface area (Å²) in [6, 6.07) is 13.4. The van der Waals surface area contributed by atoms with Gasteiger partial charge in [-0.2, -0.15) is 0 Å². The molecule has 4 aromatic rings. The van der Waals surface area contributed by atoms with E-state index in [9.17, 15) is 19.2 Å². The zero-order valence-corrected chi connectivity index (χ0v) is 25.7. The van der Waals surface area contributed by atoms with Crippen LogP contribution in [0.2, 0.25) is 0 Å². The van der Waals surface area contributed by atoms with E-state index in [1.807, 2.05) is 6.07 Å². The number of hydrogen-bond acceptors (Lipinski definition) is 12. The number of anilines is 2. The first-order chi connectivity index (χ1) is 22.9. The molecule has 2 aromatic heterocycles. The lowest BCUT2D eigenvalue weighted by atomic mass is 10.0. The van der Waals surface area contributed by atoms with Gasteiger partial charge in [-0.3, -0.25) is 24.3 Å². The number of Topliss-reactive ketones (excluding diaryl/α,β-unsaturated/α-hetero) is 1. The number of amides is 2. The molecule has 0 aliphatic carbocycles. The third-order valence-electron chi connectivity index (χ3n) is 7.99. The minimum absolute atomic E-state index is 0.00684. The maximum Gasteiger partial charge on any atom is 0.341 e. The molecule has 47 heavy (non-hydrogen) atoms. The fourth-order valence-corrected chi connectivity index (χ4v) is 5.60. The summed E-state index contributed by atoms with van der Waals surface area (Å²) in [7, 11) is 1.25. The minimum atomic E-state index is -0.644. The second-order valence-electron chi connectivity index (χ2n) is 10.9. The molecule has 1 saturated heterocycles. The number of benzene rings is 2. The number of methoxy groups -OCH3 is 1. The molecule has 0 radical (unpaired) electrons. The Bertz CT molecular complexity index is 1820. The number of rotatable bonds is 11. The van der Waals surface area contributed by atoms with Crippen molar-refractivity contribution in [3.8, 4) is 17.0 Å². The standard InChI is InChI=1S/C34H32N6O7/c1-45-34(44)25-17-21(7-8-29(25)47-14-4-11-40-32(42)23-5-2-3-6-24(23)33(40)43)26-20-37-31(35)30(38-26)28(41)18-22-19-36-10-9-27(22)39-12-15-46-16-13-39/h2-3,5-10,17,19-20H,4,11-16,18H2,1H3,(H2,35,37). The number of morpholine rings is 1. The number of aromatic nitrogens is 3. The molecular weight excluding hydrogens is 604 g/mol. The fourth-order valence-electron chi connectivity index (χ4n) is 5.60. The van der Waals surface area contributed by atoms with E-state index in [-0.39, 0.29) is 60.0 Å². The van der Waals surface area contributed by atoms with Crippen LogP contribution in [0, 0.1) is 0 Å². The quantitative estimate of drug-likeness (QED) is 0.111. The van der Waals surface area contributed by atoms with Crippen LogP contribution in [0.3, 0.4) is 0 Å². The van der Waals surface area contributed by atoms with Crippen LogP contribution in [0.25, 0.3) is 11.3 Å². The van der Waals surface area contributed by atoms with Gasteiger partial charge in [0.05, 0.1) is 49.9 Å². The van der Waals surface area contributed by atoms with Gasteiger partial charge in [-0.05, 0) is 42.8 Å². The summed E-state index contributed by atoms with van der Waals surface area (Å²) in [6.07, 6.45) is 5.14. The van der Waals surface area contributed by atoms with Crippen molar-refractivity contribution in [3.63, 3.8) is 0 Å². The number of carbonyl (C=O) groups excluding carboxylic acids is 4. The van der Waals surface area contributed by atoms with E-state index in [0.29, 0.717) is 55.1 Å². The number of nitrogens with zero attached hydrogens (tertiary/aromatic N) is 5. The molecule has 6 rings (SSSR count). The van der Waals surface area contributed by atoms with Gasteiger partial charge in [-0.25, -0.2) is 14.8 Å². The molecule has 2 N–H and O–H groups in total. The van der Waals surface area contributed by atoms with Crippen molar-refractivity contribution in [2.75, 3.05) is 57.2 Å². The Balaban J connectivity index is 1.16. The number of pyridine rings is 1. The number of nitrogen functional groups attached to an aromatic ring is 1. The van der Waals surface area contributed by atoms with E-state index < -0.39 is 5.97 Å². The second kappa shape index (κ2) is 13.7. The largest absolute Gasteiger partial charge is 0.493 e. The molecule has 0 bridgehead atoms. The first-order valence-corrected chi connectivity index (χ1v) is 15.1. The van der Waals surface area contributed by atoms with Crippen LogP contribution in [0.15, 0.2) is 67.1 Å². The maximum absolute atomic E-state index is 13.5. The number of hydrogen-bond donors (Lipinski definition) is 1. The summed E-state index contributed by atoms with van der Waals surface area (Å²) < 4.78 is 16.3. The van der Waals surface area contributed by atoms with Gasteiger partial charge < -0.3 is 24.8 Å². The highest BCUT2D eigenvalue weighted by Crippen LogP contribution is 2.29. The average Bonchev–Trinajstić information content (AvgIpc) is 3.35. The predicted octanol–water partition coefficient (Wildman–Crippen LogP) is 3.23. The summed E-state index contributed by atoms with van der Waals surface area (Å²) in [5, 5.41) is 0. The van der Waals surface area contributed by atoms with E-state index in [1.54, 1.807) is 48.8 Å². The monoisotopic (exact) mass is 636 g/mol. The van der Waals surface area contributed by atoms with E-state index in [1.165, 1.54) is 24.3 Å². The maximum atomic E-state index is 13.5. The molecule has 4 heterocycles. The zero-order chi connectivity index (χ0) is 32.9. The Hall–Kier alpha value is -5.69. The smallest absolute Gasteiger partial charge is 0.341 e. The number of nitrogens with two attached hydrogens (primary N) is 1. The molecule has 2 aromatic carbocycles. The summed E-state index contributed by atoms with van der Waals surface area (Å²) in [5.74, 6) is -1.42. The van der Waals surface area contributed by atoms with Gasteiger partial charge in [0.25, 0.3) is 11.8 Å². The van der Waals surface area contributed by atoms with Gasteiger partial charge in [0.2, 0.25) is 0 Å². The summed E-state index contributed by atoms with van der Waals surface area (Å²) in [6.45, 7) is 2.89. The molecule has 240 valence electrons. The van der Waals surface area contributed by atoms with Gasteiger partial charge in [-0.1, -0.05) is 12.1 Å². The molecule has 0 unspecified atom stereocenters. The van der Waals surface area contributed by atoms with Crippen molar-refractivity contribution in [1.29, 1.82) is 0 Å². The highest BCUT2D eigenvalue weighted by atomic mass is 16.5. The van der Waals surface area contributed by atoms with Gasteiger partial charge in [-0.15, -0.1) is 0 Å². The number of carbonyl (C=O) groups is 4. The van der Waals surface area contributed by atoms with Gasteiger partial charge in [0.1, 0.15) is 17.0 Å². The zero-order valence-electron chi connectivity index (χ0n) is 25.7. The molecule has 1 fully saturated rings. The van der Waals surface area contributed by atoms with E-state index in [2.05, 4.69) is 19.9 Å². The predicted molar refractivity (Wildman–Crippen MR) is 170 cm³/mol. The van der Waals surface area contributed by atoms with Crippen LogP contribution < -0.4 is 15.4 Å². The first kappa shape index (κ1) is 31.3. The Morgan fingerprint density at radius 2 is 1.74 bits per heavy atom. The number of imide groups is 1. The van der Waals surface area contributed by atoms with Crippen LogP contribution in [0.5, 0.6) is 5.75 Å². The third-order valence-corrected chi connectivity index (χ3v) is 7.99. The summed E-state index contributed by atoms with van der Waals surface area (Å²) in [4.78, 5) is 67.8. The van der Waals surface area contributed by atoms with Crippen molar-refractivity contribution in [1.82, 2.24) is 19.9 Å². The van der Waals surface area contributed by atoms with Crippen molar-refractivity contribution in [3.05, 3.63) is 95.1 Å².